The SMILES string of the molecule is N#CCc1ccccc1-c1ccc(CCC(=O)O)cc1. The Morgan fingerprint density at radius 3 is 2.45 bits per heavy atom. The van der Waals surface area contributed by atoms with Crippen molar-refractivity contribution in [3.63, 3.8) is 0 Å². The smallest absolute Gasteiger partial charge is 0.303 e. The van der Waals surface area contributed by atoms with Gasteiger partial charge in [-0.1, -0.05) is 48.5 Å². The van der Waals surface area contributed by atoms with Crippen LogP contribution in [0.2, 0.25) is 0 Å². The first-order valence-corrected chi connectivity index (χ1v) is 6.46. The number of nitriles is 1. The highest BCUT2D eigenvalue weighted by Crippen LogP contribution is 2.24. The van der Waals surface area contributed by atoms with Gasteiger partial charge in [-0.3, -0.25) is 4.79 Å². The predicted molar refractivity (Wildman–Crippen MR) is 77.2 cm³/mol. The molecule has 0 aliphatic carbocycles. The van der Waals surface area contributed by atoms with Crippen molar-refractivity contribution in [3.8, 4) is 17.2 Å². The van der Waals surface area contributed by atoms with E-state index in [-0.39, 0.29) is 6.42 Å². The molecule has 0 aromatic heterocycles. The molecule has 0 spiro atoms. The summed E-state index contributed by atoms with van der Waals surface area (Å²) in [4.78, 5) is 10.5. The number of carbonyl (C=O) groups is 1. The molecule has 100 valence electrons. The van der Waals surface area contributed by atoms with Crippen molar-refractivity contribution in [2.24, 2.45) is 0 Å². The van der Waals surface area contributed by atoms with Gasteiger partial charge >= 0.3 is 5.97 Å². The van der Waals surface area contributed by atoms with Crippen LogP contribution in [0, 0.1) is 11.3 Å². The molecule has 0 radical (unpaired) electrons. The Hall–Kier alpha value is -2.60. The van der Waals surface area contributed by atoms with E-state index in [1.807, 2.05) is 48.5 Å². The molecule has 0 fully saturated rings. The Morgan fingerprint density at radius 1 is 1.10 bits per heavy atom. The minimum absolute atomic E-state index is 0.143. The zero-order chi connectivity index (χ0) is 14.4. The Morgan fingerprint density at radius 2 is 1.80 bits per heavy atom. The second kappa shape index (κ2) is 6.53. The molecule has 0 saturated carbocycles. The van der Waals surface area contributed by atoms with Crippen LogP contribution in [-0.4, -0.2) is 11.1 Å². The summed E-state index contributed by atoms with van der Waals surface area (Å²) in [6.07, 6.45) is 1.07. The largest absolute Gasteiger partial charge is 0.481 e. The first-order chi connectivity index (χ1) is 9.70. The van der Waals surface area contributed by atoms with Crippen LogP contribution >= 0.6 is 0 Å². The van der Waals surface area contributed by atoms with Gasteiger partial charge in [-0.25, -0.2) is 0 Å². The summed E-state index contributed by atoms with van der Waals surface area (Å²) < 4.78 is 0. The summed E-state index contributed by atoms with van der Waals surface area (Å²) in [5.74, 6) is -0.784. The summed E-state index contributed by atoms with van der Waals surface area (Å²) in [5, 5.41) is 17.5. The van der Waals surface area contributed by atoms with Crippen LogP contribution in [0.15, 0.2) is 48.5 Å². The lowest BCUT2D eigenvalue weighted by atomic mass is 9.96. The molecule has 0 aliphatic heterocycles. The number of aryl methyl sites for hydroxylation is 1. The van der Waals surface area contributed by atoms with Crippen molar-refractivity contribution >= 4 is 5.97 Å². The Labute approximate surface area is 118 Å². The molecule has 2 aromatic rings. The zero-order valence-electron chi connectivity index (χ0n) is 11.0. The van der Waals surface area contributed by atoms with E-state index in [1.54, 1.807) is 0 Å². The lowest BCUT2D eigenvalue weighted by Gasteiger charge is -2.08. The highest BCUT2D eigenvalue weighted by Gasteiger charge is 2.05. The standard InChI is InChI=1S/C17H15NO2/c18-12-11-14-3-1-2-4-16(14)15-8-5-13(6-9-15)7-10-17(19)20/h1-6,8-9H,7,10-11H2,(H,19,20). The van der Waals surface area contributed by atoms with Crippen LogP contribution in [0.25, 0.3) is 11.1 Å². The molecule has 0 unspecified atom stereocenters. The normalized spacial score (nSPS) is 9.95. The van der Waals surface area contributed by atoms with Crippen LogP contribution in [0.5, 0.6) is 0 Å². The van der Waals surface area contributed by atoms with Crippen LogP contribution in [0.1, 0.15) is 17.5 Å². The maximum atomic E-state index is 10.5. The molecule has 20 heavy (non-hydrogen) atoms. The van der Waals surface area contributed by atoms with E-state index < -0.39 is 5.97 Å². The average molecular weight is 265 g/mol. The zero-order valence-corrected chi connectivity index (χ0v) is 11.0. The maximum Gasteiger partial charge on any atom is 0.303 e. The number of benzene rings is 2. The van der Waals surface area contributed by atoms with Crippen molar-refractivity contribution in [2.45, 2.75) is 19.3 Å². The van der Waals surface area contributed by atoms with E-state index in [1.165, 1.54) is 0 Å². The molecule has 0 saturated heterocycles. The summed E-state index contributed by atoms with van der Waals surface area (Å²) in [7, 11) is 0. The number of hydrogen-bond donors (Lipinski definition) is 1. The summed E-state index contributed by atoms with van der Waals surface area (Å²) in [6.45, 7) is 0. The van der Waals surface area contributed by atoms with Gasteiger partial charge in [-0.15, -0.1) is 0 Å². The molecule has 1 N–H and O–H groups in total. The van der Waals surface area contributed by atoms with E-state index in [0.29, 0.717) is 12.8 Å². The fraction of sp³-hybridized carbons (Fsp3) is 0.176. The highest BCUT2D eigenvalue weighted by atomic mass is 16.4. The number of carboxylic acid groups (broad SMARTS) is 1. The molecule has 2 rings (SSSR count). The monoisotopic (exact) mass is 265 g/mol. The molecule has 0 aliphatic rings. The van der Waals surface area contributed by atoms with Gasteiger partial charge in [-0.2, -0.15) is 5.26 Å². The van der Waals surface area contributed by atoms with Gasteiger partial charge in [-0.05, 0) is 28.7 Å². The van der Waals surface area contributed by atoms with Crippen molar-refractivity contribution in [1.82, 2.24) is 0 Å². The van der Waals surface area contributed by atoms with Crippen LogP contribution in [0.4, 0.5) is 0 Å². The third-order valence-electron chi connectivity index (χ3n) is 3.18. The second-order valence-electron chi connectivity index (χ2n) is 4.58. The number of hydrogen-bond acceptors (Lipinski definition) is 2. The summed E-state index contributed by atoms with van der Waals surface area (Å²) in [5.41, 5.74) is 4.12. The quantitative estimate of drug-likeness (QED) is 0.900. The topological polar surface area (TPSA) is 61.1 Å². The number of aliphatic carboxylic acids is 1. The van der Waals surface area contributed by atoms with Gasteiger partial charge < -0.3 is 5.11 Å². The van der Waals surface area contributed by atoms with E-state index in [4.69, 9.17) is 10.4 Å². The van der Waals surface area contributed by atoms with Gasteiger partial charge in [0.25, 0.3) is 0 Å². The molecule has 0 bridgehead atoms. The fourth-order valence-corrected chi connectivity index (χ4v) is 2.14. The maximum absolute atomic E-state index is 10.5. The minimum atomic E-state index is -0.784. The lowest BCUT2D eigenvalue weighted by molar-refractivity contribution is -0.136. The molecular formula is C17H15NO2. The van der Waals surface area contributed by atoms with Crippen molar-refractivity contribution < 1.29 is 9.90 Å². The predicted octanol–water partition coefficient (Wildman–Crippen LogP) is 3.44. The van der Waals surface area contributed by atoms with E-state index in [0.717, 1.165) is 22.3 Å². The minimum Gasteiger partial charge on any atom is -0.481 e. The molecule has 0 atom stereocenters. The van der Waals surface area contributed by atoms with Gasteiger partial charge in [0, 0.05) is 6.42 Å². The second-order valence-corrected chi connectivity index (χ2v) is 4.58. The number of rotatable bonds is 5. The van der Waals surface area contributed by atoms with Gasteiger partial charge in [0.1, 0.15) is 0 Å². The van der Waals surface area contributed by atoms with Crippen molar-refractivity contribution in [2.75, 3.05) is 0 Å². The summed E-state index contributed by atoms with van der Waals surface area (Å²) >= 11 is 0. The lowest BCUT2D eigenvalue weighted by Crippen LogP contribution is -1.97. The Balaban J connectivity index is 2.22. The van der Waals surface area contributed by atoms with Crippen LogP contribution in [0.3, 0.4) is 0 Å². The van der Waals surface area contributed by atoms with Crippen molar-refractivity contribution in [3.05, 3.63) is 59.7 Å². The molecule has 0 heterocycles. The first kappa shape index (κ1) is 13.8. The van der Waals surface area contributed by atoms with Gasteiger partial charge in [0.15, 0.2) is 0 Å². The molecule has 3 heteroatoms. The van der Waals surface area contributed by atoms with Crippen LogP contribution in [-0.2, 0) is 17.6 Å². The van der Waals surface area contributed by atoms with Gasteiger partial charge in [0.05, 0.1) is 12.5 Å². The highest BCUT2D eigenvalue weighted by molar-refractivity contribution is 5.69. The van der Waals surface area contributed by atoms with E-state index >= 15 is 0 Å². The van der Waals surface area contributed by atoms with E-state index in [2.05, 4.69) is 6.07 Å². The molecule has 2 aromatic carbocycles. The molecule has 3 nitrogen and oxygen atoms in total. The van der Waals surface area contributed by atoms with Gasteiger partial charge in [0.2, 0.25) is 0 Å². The molecular weight excluding hydrogens is 250 g/mol. The molecule has 0 amide bonds. The fourth-order valence-electron chi connectivity index (χ4n) is 2.14. The number of carboxylic acids is 1. The third kappa shape index (κ3) is 3.46. The van der Waals surface area contributed by atoms with Crippen LogP contribution < -0.4 is 0 Å². The Bertz CT molecular complexity index is 639. The Kier molecular flexibility index (Phi) is 4.52. The number of nitrogens with zero attached hydrogens (tertiary/aromatic N) is 1. The third-order valence-corrected chi connectivity index (χ3v) is 3.18. The summed E-state index contributed by atoms with van der Waals surface area (Å²) in [6, 6.07) is 17.9. The first-order valence-electron chi connectivity index (χ1n) is 6.46. The average Bonchev–Trinajstić information content (AvgIpc) is 2.47. The van der Waals surface area contributed by atoms with E-state index in [9.17, 15) is 4.79 Å². The van der Waals surface area contributed by atoms with Crippen molar-refractivity contribution in [1.29, 1.82) is 5.26 Å².